The second-order valence-electron chi connectivity index (χ2n) is 7.94. The smallest absolute Gasteiger partial charge is 0.459 e. The number of nitrogens with one attached hydrogen (secondary N) is 2. The molecule has 1 fully saturated rings. The van der Waals surface area contributed by atoms with Crippen LogP contribution in [0.1, 0.15) is 27.0 Å². The van der Waals surface area contributed by atoms with Gasteiger partial charge in [0.05, 0.1) is 13.2 Å². The molecule has 0 spiro atoms. The van der Waals surface area contributed by atoms with E-state index in [-0.39, 0.29) is 12.4 Å². The van der Waals surface area contributed by atoms with Gasteiger partial charge in [0, 0.05) is 12.3 Å². The third kappa shape index (κ3) is 6.24. The van der Waals surface area contributed by atoms with Crippen molar-refractivity contribution in [2.24, 2.45) is 0 Å². The zero-order chi connectivity index (χ0) is 25.8. The number of rotatable bonds is 10. The van der Waals surface area contributed by atoms with Crippen molar-refractivity contribution in [3.05, 3.63) is 63.4 Å². The molecule has 0 aliphatic carbocycles. The molecule has 6 atom stereocenters. The Bertz CT molecular complexity index is 1190. The van der Waals surface area contributed by atoms with Gasteiger partial charge in [-0.2, -0.15) is 5.09 Å². The Morgan fingerprint density at radius 3 is 2.66 bits per heavy atom. The average molecular weight is 515 g/mol. The first-order valence-electron chi connectivity index (χ1n) is 10.7. The number of esters is 1. The van der Waals surface area contributed by atoms with E-state index < -0.39 is 61.7 Å². The summed E-state index contributed by atoms with van der Waals surface area (Å²) in [5, 5.41) is 13.0. The predicted molar refractivity (Wildman–Crippen MR) is 121 cm³/mol. The molecule has 1 aromatic carbocycles. The number of nitrogens with zero attached hydrogens (tertiary/aromatic N) is 1. The van der Waals surface area contributed by atoms with Gasteiger partial charge in [-0.1, -0.05) is 18.2 Å². The number of carbonyl (C=O) groups excluding carboxylic acids is 1. The molecule has 0 radical (unpaired) electrons. The average Bonchev–Trinajstić information content (AvgIpc) is 3.02. The Morgan fingerprint density at radius 2 is 2.03 bits per heavy atom. The fourth-order valence-corrected chi connectivity index (χ4v) is 4.90. The molecule has 1 aliphatic heterocycles. The summed E-state index contributed by atoms with van der Waals surface area (Å²) >= 11 is 0. The highest BCUT2D eigenvalue weighted by Crippen LogP contribution is 2.47. The monoisotopic (exact) mass is 515 g/mol. The molecule has 1 aromatic heterocycles. The molecular formula is C21H27FN3O9P. The Hall–Kier alpha value is -2.83. The Kier molecular flexibility index (Phi) is 8.29. The van der Waals surface area contributed by atoms with E-state index >= 15 is 4.39 Å². The lowest BCUT2D eigenvalue weighted by Crippen LogP contribution is -2.43. The van der Waals surface area contributed by atoms with Crippen molar-refractivity contribution in [3.63, 3.8) is 0 Å². The van der Waals surface area contributed by atoms with Crippen LogP contribution < -0.4 is 20.9 Å². The number of aromatic amines is 1. The maximum absolute atomic E-state index is 15.4. The van der Waals surface area contributed by atoms with Crippen LogP contribution in [0.4, 0.5) is 4.39 Å². The number of aromatic nitrogens is 2. The van der Waals surface area contributed by atoms with E-state index in [1.54, 1.807) is 25.1 Å². The third-order valence-corrected chi connectivity index (χ3v) is 6.83. The summed E-state index contributed by atoms with van der Waals surface area (Å²) in [4.78, 5) is 37.5. The molecule has 0 amide bonds. The highest BCUT2D eigenvalue weighted by molar-refractivity contribution is 7.52. The van der Waals surface area contributed by atoms with Gasteiger partial charge in [0.25, 0.3) is 5.56 Å². The number of carbonyl (C=O) groups is 1. The molecule has 1 aliphatic rings. The van der Waals surface area contributed by atoms with Gasteiger partial charge in [-0.05, 0) is 32.9 Å². The Balaban J connectivity index is 1.80. The van der Waals surface area contributed by atoms with E-state index in [4.69, 9.17) is 18.5 Å². The van der Waals surface area contributed by atoms with Crippen LogP contribution in [0.25, 0.3) is 0 Å². The number of halogens is 1. The molecule has 3 rings (SSSR count). The van der Waals surface area contributed by atoms with E-state index in [0.29, 0.717) is 0 Å². The quantitative estimate of drug-likeness (QED) is 0.311. The summed E-state index contributed by atoms with van der Waals surface area (Å²) in [6, 6.07) is 7.86. The summed E-state index contributed by atoms with van der Waals surface area (Å²) < 4.78 is 51.0. The minimum atomic E-state index is -4.28. The first-order valence-corrected chi connectivity index (χ1v) is 12.3. The standard InChI is InChI=1S/C21H27FN3O9P/c1-4-31-18(28)13(2)24-35(30,34-14-8-6-5-7-9-14)32-12-15-17(27)21(3,22)19(33-15)25-11-10-16(26)23-20(25)29/h5-11,13,15,17,19,27H,4,12H2,1-3H3,(H,24,30)(H,23,26,29)/t13-,15+,17+,19+,21+,35-/m0/s1. The number of H-pyrrole nitrogens is 1. The number of ether oxygens (including phenoxy) is 2. The van der Waals surface area contributed by atoms with Crippen LogP contribution in [0, 0.1) is 0 Å². The van der Waals surface area contributed by atoms with Crippen molar-refractivity contribution in [1.82, 2.24) is 14.6 Å². The number of aliphatic hydroxyl groups excluding tert-OH is 1. The van der Waals surface area contributed by atoms with E-state index in [1.165, 1.54) is 19.1 Å². The molecule has 14 heteroatoms. The summed E-state index contributed by atoms with van der Waals surface area (Å²) in [5.74, 6) is -0.556. The summed E-state index contributed by atoms with van der Waals surface area (Å²) in [7, 11) is -4.28. The number of aliphatic hydroxyl groups is 1. The summed E-state index contributed by atoms with van der Waals surface area (Å²) in [5.41, 5.74) is -4.11. The van der Waals surface area contributed by atoms with Gasteiger partial charge in [0.15, 0.2) is 11.9 Å². The normalized spacial score (nSPS) is 26.6. The minimum Gasteiger partial charge on any atom is -0.465 e. The second-order valence-corrected chi connectivity index (χ2v) is 9.63. The maximum atomic E-state index is 15.4. The Labute approximate surface area is 199 Å². The van der Waals surface area contributed by atoms with Crippen molar-refractivity contribution in [2.45, 2.75) is 50.9 Å². The molecule has 12 nitrogen and oxygen atoms in total. The van der Waals surface area contributed by atoms with E-state index in [2.05, 4.69) is 5.09 Å². The number of hydrogen-bond donors (Lipinski definition) is 3. The van der Waals surface area contributed by atoms with Crippen LogP contribution in [-0.4, -0.2) is 57.8 Å². The zero-order valence-electron chi connectivity index (χ0n) is 19.3. The summed E-state index contributed by atoms with van der Waals surface area (Å²) in [6.07, 6.45) is -3.78. The fraction of sp³-hybridized carbons (Fsp3) is 0.476. The number of para-hydroxylation sites is 1. The van der Waals surface area contributed by atoms with Gasteiger partial charge in [-0.25, -0.2) is 13.8 Å². The molecule has 0 saturated carbocycles. The van der Waals surface area contributed by atoms with Crippen LogP contribution >= 0.6 is 7.75 Å². The molecule has 2 heterocycles. The second kappa shape index (κ2) is 10.8. The molecule has 3 N–H and O–H groups in total. The van der Waals surface area contributed by atoms with Crippen molar-refractivity contribution in [3.8, 4) is 5.75 Å². The van der Waals surface area contributed by atoms with Crippen molar-refractivity contribution < 1.29 is 37.4 Å². The van der Waals surface area contributed by atoms with Crippen molar-refractivity contribution in [1.29, 1.82) is 0 Å². The number of alkyl halides is 1. The van der Waals surface area contributed by atoms with Gasteiger partial charge >= 0.3 is 19.4 Å². The minimum absolute atomic E-state index is 0.0955. The van der Waals surface area contributed by atoms with E-state index in [0.717, 1.165) is 23.8 Å². The molecule has 35 heavy (non-hydrogen) atoms. The number of benzene rings is 1. The first kappa shape index (κ1) is 26.8. The number of hydrogen-bond acceptors (Lipinski definition) is 9. The Morgan fingerprint density at radius 1 is 1.34 bits per heavy atom. The molecular weight excluding hydrogens is 488 g/mol. The first-order chi connectivity index (χ1) is 16.5. The van der Waals surface area contributed by atoms with E-state index in [1.807, 2.05) is 4.98 Å². The topological polar surface area (TPSA) is 158 Å². The van der Waals surface area contributed by atoms with Gasteiger partial charge in [0.1, 0.15) is 24.0 Å². The van der Waals surface area contributed by atoms with Crippen LogP contribution in [0.5, 0.6) is 5.75 Å². The van der Waals surface area contributed by atoms with Crippen molar-refractivity contribution >= 4 is 13.7 Å². The molecule has 0 bridgehead atoms. The third-order valence-electron chi connectivity index (χ3n) is 5.19. The highest BCUT2D eigenvalue weighted by atomic mass is 31.2. The van der Waals surface area contributed by atoms with Crippen LogP contribution in [0.2, 0.25) is 0 Å². The zero-order valence-corrected chi connectivity index (χ0v) is 20.1. The van der Waals surface area contributed by atoms with Crippen LogP contribution in [0.3, 0.4) is 0 Å². The molecule has 1 saturated heterocycles. The van der Waals surface area contributed by atoms with Crippen LogP contribution in [-0.2, 0) is 23.4 Å². The molecule has 2 aromatic rings. The van der Waals surface area contributed by atoms with E-state index in [9.17, 15) is 24.1 Å². The van der Waals surface area contributed by atoms with Crippen molar-refractivity contribution in [2.75, 3.05) is 13.2 Å². The lowest BCUT2D eigenvalue weighted by Gasteiger charge is -2.25. The summed E-state index contributed by atoms with van der Waals surface area (Å²) in [6.45, 7) is 3.47. The lowest BCUT2D eigenvalue weighted by atomic mass is 9.98. The maximum Gasteiger partial charge on any atom is 0.459 e. The predicted octanol–water partition coefficient (Wildman–Crippen LogP) is 1.27. The highest BCUT2D eigenvalue weighted by Gasteiger charge is 2.55. The largest absolute Gasteiger partial charge is 0.465 e. The van der Waals surface area contributed by atoms with Crippen LogP contribution in [0.15, 0.2) is 52.2 Å². The van der Waals surface area contributed by atoms with Gasteiger partial charge in [-0.3, -0.25) is 23.7 Å². The molecule has 192 valence electrons. The fourth-order valence-electron chi connectivity index (χ4n) is 3.40. The van der Waals surface area contributed by atoms with Gasteiger partial charge < -0.3 is 19.1 Å². The SMILES string of the molecule is CCOC(=O)[C@H](C)N[P@](=O)(OC[C@H]1O[C@@H](n2ccc(=O)[nH]c2=O)[C@](C)(F)[C@@H]1O)Oc1ccccc1. The van der Waals surface area contributed by atoms with Gasteiger partial charge in [-0.15, -0.1) is 0 Å². The lowest BCUT2D eigenvalue weighted by molar-refractivity contribution is -0.144. The molecule has 0 unspecified atom stereocenters. The van der Waals surface area contributed by atoms with Gasteiger partial charge in [0.2, 0.25) is 0 Å².